The van der Waals surface area contributed by atoms with Crippen LogP contribution in [0.25, 0.3) is 0 Å². The lowest BCUT2D eigenvalue weighted by Gasteiger charge is -2.29. The summed E-state index contributed by atoms with van der Waals surface area (Å²) in [5.41, 5.74) is -0.657. The molecule has 2 saturated carbocycles. The number of rotatable bonds is 5. The number of carbonyl (C=O) groups is 2. The Bertz CT molecular complexity index is 349. The van der Waals surface area contributed by atoms with Gasteiger partial charge in [0.25, 0.3) is 5.91 Å². The number of carbonyl (C=O) groups excluding carboxylic acids is 1. The highest BCUT2D eigenvalue weighted by Crippen LogP contribution is 2.34. The molecule has 0 radical (unpaired) electrons. The fourth-order valence-electron chi connectivity index (χ4n) is 3.31. The molecule has 2 fully saturated rings. The number of aliphatic carboxylic acids is 1. The van der Waals surface area contributed by atoms with Gasteiger partial charge in [-0.3, -0.25) is 9.59 Å². The maximum absolute atomic E-state index is 12.4. The van der Waals surface area contributed by atoms with Crippen molar-refractivity contribution in [3.63, 3.8) is 0 Å². The number of hydrogen-bond donors (Lipinski definition) is 2. The first-order chi connectivity index (χ1) is 9.07. The van der Waals surface area contributed by atoms with Crippen molar-refractivity contribution in [2.45, 2.75) is 63.5 Å². The van der Waals surface area contributed by atoms with Crippen LogP contribution in [0.1, 0.15) is 51.9 Å². The van der Waals surface area contributed by atoms with Crippen LogP contribution >= 0.6 is 0 Å². The van der Waals surface area contributed by atoms with Crippen LogP contribution in [0.4, 0.5) is 0 Å². The van der Waals surface area contributed by atoms with Crippen LogP contribution in [0.3, 0.4) is 0 Å². The van der Waals surface area contributed by atoms with Crippen molar-refractivity contribution >= 4 is 11.9 Å². The molecule has 2 N–H and O–H groups in total. The van der Waals surface area contributed by atoms with Gasteiger partial charge in [0, 0.05) is 12.6 Å². The van der Waals surface area contributed by atoms with Crippen LogP contribution in [0, 0.1) is 5.92 Å². The molecule has 0 heterocycles. The molecule has 108 valence electrons. The number of carboxylic acid groups (broad SMARTS) is 1. The number of carboxylic acids is 1. The monoisotopic (exact) mass is 269 g/mol. The molecule has 1 amide bonds. The second-order valence-corrected chi connectivity index (χ2v) is 5.65. The molecule has 0 aliphatic heterocycles. The van der Waals surface area contributed by atoms with E-state index in [1.807, 2.05) is 6.92 Å². The molecule has 5 heteroatoms. The first kappa shape index (κ1) is 14.3. The topological polar surface area (TPSA) is 75.6 Å². The Kier molecular flexibility index (Phi) is 4.45. The number of amides is 1. The van der Waals surface area contributed by atoms with Gasteiger partial charge in [0.05, 0.1) is 5.92 Å². The fourth-order valence-corrected chi connectivity index (χ4v) is 3.31. The zero-order valence-corrected chi connectivity index (χ0v) is 11.5. The van der Waals surface area contributed by atoms with E-state index in [0.717, 1.165) is 32.1 Å². The first-order valence-electron chi connectivity index (χ1n) is 7.25. The fraction of sp³-hybridized carbons (Fsp3) is 0.857. The maximum atomic E-state index is 12.4. The molecule has 2 atom stereocenters. The van der Waals surface area contributed by atoms with Gasteiger partial charge in [0.1, 0.15) is 5.60 Å². The van der Waals surface area contributed by atoms with Crippen molar-refractivity contribution in [2.24, 2.45) is 5.92 Å². The van der Waals surface area contributed by atoms with E-state index in [2.05, 4.69) is 5.32 Å². The average Bonchev–Trinajstić information content (AvgIpc) is 2.99. The third-order valence-electron chi connectivity index (χ3n) is 4.36. The third kappa shape index (κ3) is 3.08. The quantitative estimate of drug-likeness (QED) is 0.796. The zero-order valence-electron chi connectivity index (χ0n) is 11.5. The van der Waals surface area contributed by atoms with Gasteiger partial charge in [-0.1, -0.05) is 0 Å². The first-order valence-corrected chi connectivity index (χ1v) is 7.25. The Balaban J connectivity index is 1.91. The van der Waals surface area contributed by atoms with Gasteiger partial charge in [-0.25, -0.2) is 0 Å². The molecular formula is C14H23NO4. The Hall–Kier alpha value is -1.10. The van der Waals surface area contributed by atoms with Crippen molar-refractivity contribution in [1.82, 2.24) is 5.32 Å². The summed E-state index contributed by atoms with van der Waals surface area (Å²) < 4.78 is 5.71. The lowest BCUT2D eigenvalue weighted by Crippen LogP contribution is -2.50. The van der Waals surface area contributed by atoms with E-state index in [9.17, 15) is 9.59 Å². The smallest absolute Gasteiger partial charge is 0.306 e. The summed E-state index contributed by atoms with van der Waals surface area (Å²) in [6.07, 6.45) is 5.56. The predicted octanol–water partition coefficient (Wildman–Crippen LogP) is 1.71. The number of ether oxygens (including phenoxy) is 1. The molecule has 2 rings (SSSR count). The summed E-state index contributed by atoms with van der Waals surface area (Å²) in [5, 5.41) is 12.0. The van der Waals surface area contributed by atoms with Crippen LogP contribution in [-0.4, -0.2) is 35.2 Å². The SMILES string of the molecule is CCOC1(C(=O)N[C@@H]2CC[C@H](C(=O)O)C2)CCCC1. The Morgan fingerprint density at radius 3 is 2.53 bits per heavy atom. The van der Waals surface area contributed by atoms with Gasteiger partial charge in [0.15, 0.2) is 0 Å². The molecule has 19 heavy (non-hydrogen) atoms. The Morgan fingerprint density at radius 2 is 2.00 bits per heavy atom. The number of nitrogens with one attached hydrogen (secondary N) is 1. The molecule has 0 spiro atoms. The summed E-state index contributed by atoms with van der Waals surface area (Å²) in [4.78, 5) is 23.3. The summed E-state index contributed by atoms with van der Waals surface area (Å²) in [7, 11) is 0. The highest BCUT2D eigenvalue weighted by atomic mass is 16.5. The zero-order chi connectivity index (χ0) is 13.9. The Morgan fingerprint density at radius 1 is 1.32 bits per heavy atom. The van der Waals surface area contributed by atoms with Crippen molar-refractivity contribution in [1.29, 1.82) is 0 Å². The van der Waals surface area contributed by atoms with Gasteiger partial charge in [0.2, 0.25) is 0 Å². The minimum absolute atomic E-state index is 0.00784. The lowest BCUT2D eigenvalue weighted by molar-refractivity contribution is -0.147. The molecule has 0 aromatic heterocycles. The van der Waals surface area contributed by atoms with Crippen molar-refractivity contribution in [3.8, 4) is 0 Å². The molecule has 0 bridgehead atoms. The van der Waals surface area contributed by atoms with Crippen LogP contribution in [-0.2, 0) is 14.3 Å². The van der Waals surface area contributed by atoms with E-state index in [1.165, 1.54) is 0 Å². The van der Waals surface area contributed by atoms with Crippen molar-refractivity contribution < 1.29 is 19.4 Å². The van der Waals surface area contributed by atoms with E-state index in [-0.39, 0.29) is 17.9 Å². The van der Waals surface area contributed by atoms with Gasteiger partial charge in [-0.2, -0.15) is 0 Å². The summed E-state index contributed by atoms with van der Waals surface area (Å²) in [6.45, 7) is 2.44. The largest absolute Gasteiger partial charge is 0.481 e. The molecule has 5 nitrogen and oxygen atoms in total. The van der Waals surface area contributed by atoms with Gasteiger partial charge < -0.3 is 15.2 Å². The third-order valence-corrected chi connectivity index (χ3v) is 4.36. The van der Waals surface area contributed by atoms with Crippen LogP contribution in [0.15, 0.2) is 0 Å². The Labute approximate surface area is 113 Å². The standard InChI is InChI=1S/C14H23NO4/c1-2-19-14(7-3-4-8-14)13(18)15-11-6-5-10(9-11)12(16)17/h10-11H,2-9H2,1H3,(H,15,18)(H,16,17)/t10-,11+/m0/s1. The van der Waals surface area contributed by atoms with Crippen LogP contribution in [0.5, 0.6) is 0 Å². The lowest BCUT2D eigenvalue weighted by atomic mass is 10.00. The van der Waals surface area contributed by atoms with Crippen molar-refractivity contribution in [3.05, 3.63) is 0 Å². The molecule has 2 aliphatic rings. The predicted molar refractivity (Wildman–Crippen MR) is 69.7 cm³/mol. The van der Waals surface area contributed by atoms with E-state index in [1.54, 1.807) is 0 Å². The summed E-state index contributed by atoms with van der Waals surface area (Å²) in [6, 6.07) is -0.00784. The second kappa shape index (κ2) is 5.90. The number of hydrogen-bond acceptors (Lipinski definition) is 3. The van der Waals surface area contributed by atoms with Crippen LogP contribution in [0.2, 0.25) is 0 Å². The van der Waals surface area contributed by atoms with E-state index < -0.39 is 11.6 Å². The summed E-state index contributed by atoms with van der Waals surface area (Å²) >= 11 is 0. The van der Waals surface area contributed by atoms with Gasteiger partial charge in [-0.05, 0) is 51.9 Å². The maximum Gasteiger partial charge on any atom is 0.306 e. The summed E-state index contributed by atoms with van der Waals surface area (Å²) in [5.74, 6) is -1.10. The molecule has 0 aromatic rings. The van der Waals surface area contributed by atoms with Crippen LogP contribution < -0.4 is 5.32 Å². The normalized spacial score (nSPS) is 29.3. The van der Waals surface area contributed by atoms with E-state index >= 15 is 0 Å². The van der Waals surface area contributed by atoms with E-state index in [0.29, 0.717) is 19.4 Å². The highest BCUT2D eigenvalue weighted by Gasteiger charge is 2.43. The molecule has 0 saturated heterocycles. The van der Waals surface area contributed by atoms with Gasteiger partial charge in [-0.15, -0.1) is 0 Å². The van der Waals surface area contributed by atoms with E-state index in [4.69, 9.17) is 9.84 Å². The molecule has 2 aliphatic carbocycles. The molecular weight excluding hydrogens is 246 g/mol. The second-order valence-electron chi connectivity index (χ2n) is 5.65. The molecule has 0 aromatic carbocycles. The minimum Gasteiger partial charge on any atom is -0.481 e. The molecule has 0 unspecified atom stereocenters. The average molecular weight is 269 g/mol. The minimum atomic E-state index is -0.753. The van der Waals surface area contributed by atoms with Gasteiger partial charge >= 0.3 is 5.97 Å². The van der Waals surface area contributed by atoms with Crippen molar-refractivity contribution in [2.75, 3.05) is 6.61 Å². The highest BCUT2D eigenvalue weighted by molar-refractivity contribution is 5.86.